The maximum absolute atomic E-state index is 11.6. The Bertz CT molecular complexity index is 374. The molecule has 0 aromatic carbocycles. The van der Waals surface area contributed by atoms with Crippen LogP contribution >= 0.6 is 0 Å². The molecule has 0 radical (unpaired) electrons. The minimum Gasteiger partial charge on any atom is -0.316 e. The molecule has 2 fully saturated rings. The van der Waals surface area contributed by atoms with Gasteiger partial charge in [0.15, 0.2) is 0 Å². The fourth-order valence-electron chi connectivity index (χ4n) is 3.26. The van der Waals surface area contributed by atoms with E-state index in [1.165, 1.54) is 12.7 Å². The number of likely N-dealkylation sites (tertiary alicyclic amines) is 1. The number of sulfone groups is 1. The molecule has 2 saturated heterocycles. The summed E-state index contributed by atoms with van der Waals surface area (Å²) in [6, 6.07) is 0. The zero-order valence-electron chi connectivity index (χ0n) is 11.6. The quantitative estimate of drug-likeness (QED) is 0.830. The number of hydrogen-bond donors (Lipinski definition) is 1. The Morgan fingerprint density at radius 1 is 1.33 bits per heavy atom. The van der Waals surface area contributed by atoms with E-state index in [0.29, 0.717) is 5.41 Å². The van der Waals surface area contributed by atoms with Crippen molar-refractivity contribution in [2.45, 2.75) is 37.9 Å². The fraction of sp³-hybridized carbons (Fsp3) is 1.00. The first kappa shape index (κ1) is 14.3. The largest absolute Gasteiger partial charge is 0.316 e. The smallest absolute Gasteiger partial charge is 0.150 e. The maximum Gasteiger partial charge on any atom is 0.150 e. The number of nitrogens with one attached hydrogen (secondary N) is 1. The molecule has 2 unspecified atom stereocenters. The van der Waals surface area contributed by atoms with Gasteiger partial charge in [-0.05, 0) is 50.7 Å². The van der Waals surface area contributed by atoms with Crippen molar-refractivity contribution in [3.05, 3.63) is 0 Å². The molecule has 106 valence electrons. The Labute approximate surface area is 111 Å². The van der Waals surface area contributed by atoms with Crippen molar-refractivity contribution < 1.29 is 8.42 Å². The van der Waals surface area contributed by atoms with E-state index in [1.54, 1.807) is 0 Å². The van der Waals surface area contributed by atoms with Crippen LogP contribution < -0.4 is 5.32 Å². The molecule has 0 aliphatic carbocycles. The Balaban J connectivity index is 1.89. The lowest BCUT2D eigenvalue weighted by atomic mass is 9.89. The van der Waals surface area contributed by atoms with E-state index < -0.39 is 9.84 Å². The van der Waals surface area contributed by atoms with E-state index in [2.05, 4.69) is 17.1 Å². The lowest BCUT2D eigenvalue weighted by Gasteiger charge is -2.31. The summed E-state index contributed by atoms with van der Waals surface area (Å²) in [5.41, 5.74) is 0.380. The zero-order chi connectivity index (χ0) is 13.2. The highest BCUT2D eigenvalue weighted by Gasteiger charge is 2.32. The summed E-state index contributed by atoms with van der Waals surface area (Å²) in [5.74, 6) is 0. The van der Waals surface area contributed by atoms with Gasteiger partial charge in [-0.25, -0.2) is 8.42 Å². The molecule has 0 spiro atoms. The molecule has 4 nitrogen and oxygen atoms in total. The molecule has 0 aromatic heterocycles. The molecule has 18 heavy (non-hydrogen) atoms. The lowest BCUT2D eigenvalue weighted by Crippen LogP contribution is -2.38. The third-order valence-corrected chi connectivity index (χ3v) is 6.12. The summed E-state index contributed by atoms with van der Waals surface area (Å²) in [7, 11) is -2.85. The molecule has 1 N–H and O–H groups in total. The number of hydrogen-bond acceptors (Lipinski definition) is 4. The van der Waals surface area contributed by atoms with E-state index >= 15 is 0 Å². The van der Waals surface area contributed by atoms with Gasteiger partial charge in [-0.1, -0.05) is 6.92 Å². The lowest BCUT2D eigenvalue weighted by molar-refractivity contribution is 0.183. The normalized spacial score (nSPS) is 35.6. The van der Waals surface area contributed by atoms with Crippen LogP contribution in [0.2, 0.25) is 0 Å². The van der Waals surface area contributed by atoms with Gasteiger partial charge in [0.25, 0.3) is 0 Å². The average molecular weight is 274 g/mol. The van der Waals surface area contributed by atoms with Gasteiger partial charge < -0.3 is 10.2 Å². The highest BCUT2D eigenvalue weighted by Crippen LogP contribution is 2.27. The maximum atomic E-state index is 11.6. The first-order valence-corrected chi connectivity index (χ1v) is 8.96. The van der Waals surface area contributed by atoms with Gasteiger partial charge in [-0.2, -0.15) is 0 Å². The predicted octanol–water partition coefficient (Wildman–Crippen LogP) is 0.885. The van der Waals surface area contributed by atoms with Gasteiger partial charge >= 0.3 is 0 Å². The SMILES string of the molecule is CC1(CN2CCCC(S(C)(=O)=O)CC2)CCNC1. The molecule has 2 aliphatic rings. The molecule has 5 heteroatoms. The van der Waals surface area contributed by atoms with E-state index in [4.69, 9.17) is 0 Å². The highest BCUT2D eigenvalue weighted by atomic mass is 32.2. The van der Waals surface area contributed by atoms with E-state index in [0.717, 1.165) is 52.0 Å². The second-order valence-electron chi connectivity index (χ2n) is 6.40. The van der Waals surface area contributed by atoms with Crippen LogP contribution in [0.1, 0.15) is 32.6 Å². The van der Waals surface area contributed by atoms with Gasteiger partial charge in [0.05, 0.1) is 5.25 Å². The van der Waals surface area contributed by atoms with E-state index in [-0.39, 0.29) is 5.25 Å². The van der Waals surface area contributed by atoms with E-state index in [9.17, 15) is 8.42 Å². The Kier molecular flexibility index (Phi) is 4.34. The van der Waals surface area contributed by atoms with E-state index in [1.807, 2.05) is 0 Å². The highest BCUT2D eigenvalue weighted by molar-refractivity contribution is 7.91. The van der Waals surface area contributed by atoms with Gasteiger partial charge in [0.1, 0.15) is 9.84 Å². The second kappa shape index (κ2) is 5.47. The van der Waals surface area contributed by atoms with Gasteiger partial charge in [-0.15, -0.1) is 0 Å². The summed E-state index contributed by atoms with van der Waals surface area (Å²) in [6.45, 7) is 7.66. The van der Waals surface area contributed by atoms with Crippen molar-refractivity contribution in [1.29, 1.82) is 0 Å². The zero-order valence-corrected chi connectivity index (χ0v) is 12.4. The van der Waals surface area contributed by atoms with Crippen LogP contribution in [0.3, 0.4) is 0 Å². The molecule has 2 atom stereocenters. The molecular formula is C13H26N2O2S. The summed E-state index contributed by atoms with van der Waals surface area (Å²) >= 11 is 0. The Morgan fingerprint density at radius 2 is 2.11 bits per heavy atom. The van der Waals surface area contributed by atoms with Crippen LogP contribution in [0.25, 0.3) is 0 Å². The number of nitrogens with zero attached hydrogens (tertiary/aromatic N) is 1. The van der Waals surface area contributed by atoms with Crippen molar-refractivity contribution in [2.24, 2.45) is 5.41 Å². The minimum atomic E-state index is -2.85. The molecule has 2 heterocycles. The summed E-state index contributed by atoms with van der Waals surface area (Å²) < 4.78 is 23.2. The fourth-order valence-corrected chi connectivity index (χ4v) is 4.38. The third kappa shape index (κ3) is 3.68. The standard InChI is InChI=1S/C13H26N2O2S/c1-13(6-7-14-10-13)11-15-8-3-4-12(5-9-15)18(2,16)17/h12,14H,3-11H2,1-2H3. The van der Waals surface area contributed by atoms with Crippen molar-refractivity contribution >= 4 is 9.84 Å². The van der Waals surface area contributed by atoms with Crippen LogP contribution in [0.15, 0.2) is 0 Å². The summed E-state index contributed by atoms with van der Waals surface area (Å²) in [5, 5.41) is 3.31. The van der Waals surface area contributed by atoms with Crippen molar-refractivity contribution in [2.75, 3.05) is 39.0 Å². The monoisotopic (exact) mass is 274 g/mol. The van der Waals surface area contributed by atoms with Crippen LogP contribution in [0.5, 0.6) is 0 Å². The number of rotatable bonds is 3. The molecule has 0 saturated carbocycles. The van der Waals surface area contributed by atoms with Crippen molar-refractivity contribution in [1.82, 2.24) is 10.2 Å². The average Bonchev–Trinajstić information content (AvgIpc) is 2.54. The third-order valence-electron chi connectivity index (χ3n) is 4.44. The summed E-state index contributed by atoms with van der Waals surface area (Å²) in [4.78, 5) is 2.47. The molecule has 2 aliphatic heterocycles. The molecule has 0 bridgehead atoms. The molecular weight excluding hydrogens is 248 g/mol. The topological polar surface area (TPSA) is 49.4 Å². The second-order valence-corrected chi connectivity index (χ2v) is 8.72. The van der Waals surface area contributed by atoms with Gasteiger partial charge in [0, 0.05) is 19.3 Å². The van der Waals surface area contributed by atoms with Gasteiger partial charge in [-0.3, -0.25) is 0 Å². The molecule has 0 aromatic rings. The van der Waals surface area contributed by atoms with Gasteiger partial charge in [0.2, 0.25) is 0 Å². The Morgan fingerprint density at radius 3 is 2.72 bits per heavy atom. The predicted molar refractivity (Wildman–Crippen MR) is 74.5 cm³/mol. The minimum absolute atomic E-state index is 0.114. The molecule has 2 rings (SSSR count). The van der Waals surface area contributed by atoms with Crippen LogP contribution in [0, 0.1) is 5.41 Å². The van der Waals surface area contributed by atoms with Crippen LogP contribution in [0.4, 0.5) is 0 Å². The Hall–Kier alpha value is -0.130. The first-order chi connectivity index (χ1) is 8.39. The molecule has 0 amide bonds. The first-order valence-electron chi connectivity index (χ1n) is 7.01. The summed E-state index contributed by atoms with van der Waals surface area (Å²) in [6.07, 6.45) is 5.28. The van der Waals surface area contributed by atoms with Crippen LogP contribution in [-0.2, 0) is 9.84 Å². The van der Waals surface area contributed by atoms with Crippen molar-refractivity contribution in [3.63, 3.8) is 0 Å². The van der Waals surface area contributed by atoms with Crippen LogP contribution in [-0.4, -0.2) is 57.5 Å². The van der Waals surface area contributed by atoms with Crippen molar-refractivity contribution in [3.8, 4) is 0 Å².